The first-order valence-electron chi connectivity index (χ1n) is 7.45. The van der Waals surface area contributed by atoms with Crippen molar-refractivity contribution < 1.29 is 4.79 Å². The first kappa shape index (κ1) is 17.1. The maximum atomic E-state index is 12.5. The van der Waals surface area contributed by atoms with Gasteiger partial charge in [0.25, 0.3) is 5.91 Å². The van der Waals surface area contributed by atoms with Crippen LogP contribution in [0.4, 0.5) is 5.69 Å². The third-order valence-electron chi connectivity index (χ3n) is 3.80. The van der Waals surface area contributed by atoms with Gasteiger partial charge < -0.3 is 10.3 Å². The zero-order valence-corrected chi connectivity index (χ0v) is 14.7. The van der Waals surface area contributed by atoms with Crippen LogP contribution in [0.15, 0.2) is 48.0 Å². The van der Waals surface area contributed by atoms with Crippen molar-refractivity contribution in [3.63, 3.8) is 0 Å². The first-order chi connectivity index (χ1) is 12.0. The number of carbonyl (C=O) groups is 1. The van der Waals surface area contributed by atoms with Crippen molar-refractivity contribution in [1.82, 2.24) is 4.98 Å². The van der Waals surface area contributed by atoms with Crippen LogP contribution < -0.4 is 5.32 Å². The van der Waals surface area contributed by atoms with Crippen molar-refractivity contribution in [2.75, 3.05) is 5.32 Å². The second-order valence-electron chi connectivity index (χ2n) is 5.43. The molecule has 0 bridgehead atoms. The minimum atomic E-state index is -0.545. The average Bonchev–Trinajstić information content (AvgIpc) is 2.92. The highest BCUT2D eigenvalue weighted by Crippen LogP contribution is 2.30. The van der Waals surface area contributed by atoms with Gasteiger partial charge in [-0.15, -0.1) is 0 Å². The van der Waals surface area contributed by atoms with Gasteiger partial charge in [0.2, 0.25) is 0 Å². The van der Waals surface area contributed by atoms with Crippen LogP contribution in [0.5, 0.6) is 0 Å². The predicted molar refractivity (Wildman–Crippen MR) is 102 cm³/mol. The molecule has 124 valence electrons. The number of H-pyrrole nitrogens is 1. The van der Waals surface area contributed by atoms with E-state index in [4.69, 9.17) is 23.2 Å². The summed E-state index contributed by atoms with van der Waals surface area (Å²) in [4.78, 5) is 15.7. The fourth-order valence-electron chi connectivity index (χ4n) is 2.57. The van der Waals surface area contributed by atoms with E-state index in [1.165, 1.54) is 0 Å². The van der Waals surface area contributed by atoms with E-state index < -0.39 is 5.91 Å². The number of rotatable bonds is 3. The molecule has 3 rings (SSSR count). The molecule has 25 heavy (non-hydrogen) atoms. The largest absolute Gasteiger partial charge is 0.358 e. The fraction of sp³-hybridized carbons (Fsp3) is 0.0526. The molecule has 0 spiro atoms. The highest BCUT2D eigenvalue weighted by Gasteiger charge is 2.15. The summed E-state index contributed by atoms with van der Waals surface area (Å²) in [6.07, 6.45) is 1.57. The number of carbonyl (C=O) groups excluding carboxylic acids is 1. The Bertz CT molecular complexity index is 1040. The predicted octanol–water partition coefficient (Wildman–Crippen LogP) is 5.33. The lowest BCUT2D eigenvalue weighted by Crippen LogP contribution is -2.13. The molecule has 0 saturated carbocycles. The van der Waals surface area contributed by atoms with Crippen molar-refractivity contribution in [3.8, 4) is 6.07 Å². The number of nitrogens with zero attached hydrogens (tertiary/aromatic N) is 1. The molecule has 0 fully saturated rings. The summed E-state index contributed by atoms with van der Waals surface area (Å²) in [5.74, 6) is -0.545. The molecule has 0 aliphatic heterocycles. The molecule has 2 aromatic carbocycles. The van der Waals surface area contributed by atoms with Gasteiger partial charge in [-0.3, -0.25) is 4.79 Å². The van der Waals surface area contributed by atoms with Crippen LogP contribution >= 0.6 is 23.2 Å². The molecule has 4 nitrogen and oxygen atoms in total. The lowest BCUT2D eigenvalue weighted by Gasteiger charge is -2.07. The topological polar surface area (TPSA) is 68.7 Å². The van der Waals surface area contributed by atoms with E-state index >= 15 is 0 Å². The molecule has 6 heteroatoms. The van der Waals surface area contributed by atoms with Gasteiger partial charge in [-0.2, -0.15) is 5.26 Å². The summed E-state index contributed by atoms with van der Waals surface area (Å²) in [6.45, 7) is 1.90. The number of aromatic nitrogens is 1. The molecule has 0 aliphatic rings. The molecule has 0 saturated heterocycles. The van der Waals surface area contributed by atoms with Crippen LogP contribution in [0.2, 0.25) is 10.0 Å². The van der Waals surface area contributed by atoms with Gasteiger partial charge in [0.05, 0.1) is 15.7 Å². The molecule has 2 N–H and O–H groups in total. The Morgan fingerprint density at radius 3 is 2.72 bits per heavy atom. The third-order valence-corrected chi connectivity index (χ3v) is 4.62. The van der Waals surface area contributed by atoms with E-state index in [-0.39, 0.29) is 10.6 Å². The average molecular weight is 370 g/mol. The lowest BCUT2D eigenvalue weighted by atomic mass is 10.1. The van der Waals surface area contributed by atoms with Crippen LogP contribution in [0.1, 0.15) is 11.3 Å². The van der Waals surface area contributed by atoms with Crippen LogP contribution in [-0.4, -0.2) is 10.9 Å². The standard InChI is InChI=1S/C19H13Cl2N3O/c1-11-14(13-5-2-3-7-16(13)23-11)9-12(10-22)19(25)24-17-8-4-6-15(20)18(17)21/h2-9,23H,1H3,(H,24,25). The second kappa shape index (κ2) is 7.02. The number of benzene rings is 2. The highest BCUT2D eigenvalue weighted by atomic mass is 35.5. The van der Waals surface area contributed by atoms with E-state index in [1.807, 2.05) is 37.3 Å². The van der Waals surface area contributed by atoms with Gasteiger partial charge in [0, 0.05) is 22.2 Å². The van der Waals surface area contributed by atoms with Crippen LogP contribution in [-0.2, 0) is 4.79 Å². The lowest BCUT2D eigenvalue weighted by molar-refractivity contribution is -0.112. The monoisotopic (exact) mass is 369 g/mol. The first-order valence-corrected chi connectivity index (χ1v) is 8.21. The van der Waals surface area contributed by atoms with Gasteiger partial charge in [-0.1, -0.05) is 47.5 Å². The molecular weight excluding hydrogens is 357 g/mol. The summed E-state index contributed by atoms with van der Waals surface area (Å²) in [5.41, 5.74) is 2.96. The summed E-state index contributed by atoms with van der Waals surface area (Å²) in [6, 6.07) is 14.6. The molecule has 3 aromatic rings. The highest BCUT2D eigenvalue weighted by molar-refractivity contribution is 6.44. The number of nitrogens with one attached hydrogen (secondary N) is 2. The summed E-state index contributed by atoms with van der Waals surface area (Å²) < 4.78 is 0. The molecule has 0 aliphatic carbocycles. The summed E-state index contributed by atoms with van der Waals surface area (Å²) >= 11 is 12.0. The van der Waals surface area contributed by atoms with Crippen LogP contribution in [0, 0.1) is 18.3 Å². The Hall–Kier alpha value is -2.74. The van der Waals surface area contributed by atoms with Gasteiger partial charge in [-0.05, 0) is 31.2 Å². The zero-order chi connectivity index (χ0) is 18.0. The fourth-order valence-corrected chi connectivity index (χ4v) is 2.92. The number of anilines is 1. The van der Waals surface area contributed by atoms with Crippen LogP contribution in [0.25, 0.3) is 17.0 Å². The van der Waals surface area contributed by atoms with E-state index in [0.717, 1.165) is 22.2 Å². The molecule has 0 radical (unpaired) electrons. The molecular formula is C19H13Cl2N3O. The van der Waals surface area contributed by atoms with E-state index in [0.29, 0.717) is 10.7 Å². The Morgan fingerprint density at radius 1 is 1.20 bits per heavy atom. The van der Waals surface area contributed by atoms with Gasteiger partial charge in [0.15, 0.2) is 0 Å². The maximum Gasteiger partial charge on any atom is 0.266 e. The van der Waals surface area contributed by atoms with E-state index in [1.54, 1.807) is 24.3 Å². The van der Waals surface area contributed by atoms with Crippen molar-refractivity contribution in [1.29, 1.82) is 5.26 Å². The number of hydrogen-bond acceptors (Lipinski definition) is 2. The van der Waals surface area contributed by atoms with Crippen LogP contribution in [0.3, 0.4) is 0 Å². The smallest absolute Gasteiger partial charge is 0.266 e. The number of hydrogen-bond donors (Lipinski definition) is 2. The molecule has 0 unspecified atom stereocenters. The maximum absolute atomic E-state index is 12.5. The summed E-state index contributed by atoms with van der Waals surface area (Å²) in [5, 5.41) is 13.5. The SMILES string of the molecule is Cc1[nH]c2ccccc2c1C=C(C#N)C(=O)Nc1cccc(Cl)c1Cl. The van der Waals surface area contributed by atoms with E-state index in [9.17, 15) is 10.1 Å². The second-order valence-corrected chi connectivity index (χ2v) is 6.22. The normalized spacial score (nSPS) is 11.4. The number of aryl methyl sites for hydroxylation is 1. The van der Waals surface area contributed by atoms with Crippen molar-refractivity contribution in [2.45, 2.75) is 6.92 Å². The Balaban J connectivity index is 1.97. The summed E-state index contributed by atoms with van der Waals surface area (Å²) in [7, 11) is 0. The Labute approximate surface area is 154 Å². The van der Waals surface area contributed by atoms with Gasteiger partial charge >= 0.3 is 0 Å². The number of nitriles is 1. The number of amides is 1. The third kappa shape index (κ3) is 3.39. The number of halogens is 2. The number of para-hydroxylation sites is 1. The van der Waals surface area contributed by atoms with E-state index in [2.05, 4.69) is 10.3 Å². The number of aromatic amines is 1. The van der Waals surface area contributed by atoms with Gasteiger partial charge in [0.1, 0.15) is 11.6 Å². The molecule has 1 amide bonds. The molecule has 1 heterocycles. The van der Waals surface area contributed by atoms with Crippen molar-refractivity contribution in [2.24, 2.45) is 0 Å². The quantitative estimate of drug-likeness (QED) is 0.483. The Kier molecular flexibility index (Phi) is 4.80. The van der Waals surface area contributed by atoms with Crippen molar-refractivity contribution in [3.05, 3.63) is 69.3 Å². The minimum Gasteiger partial charge on any atom is -0.358 e. The molecule has 0 atom stereocenters. The van der Waals surface area contributed by atoms with Crippen molar-refractivity contribution >= 4 is 51.8 Å². The Morgan fingerprint density at radius 2 is 1.96 bits per heavy atom. The minimum absolute atomic E-state index is 0.0242. The zero-order valence-electron chi connectivity index (χ0n) is 13.2. The number of fused-ring (bicyclic) bond motifs is 1. The molecule has 1 aromatic heterocycles. The van der Waals surface area contributed by atoms with Gasteiger partial charge in [-0.25, -0.2) is 0 Å².